The van der Waals surface area contributed by atoms with Crippen molar-refractivity contribution in [2.45, 2.75) is 18.6 Å². The van der Waals surface area contributed by atoms with Gasteiger partial charge in [-0.15, -0.1) is 0 Å². The third-order valence-corrected chi connectivity index (χ3v) is 1.37. The molecular formula is C6H12O5. The number of Topliss-reactive ketones (excluding diaryl/α,β-unsaturated/α-hetero) is 1. The van der Waals surface area contributed by atoms with Gasteiger partial charge >= 0.3 is 0 Å². The molecule has 0 aliphatic heterocycles. The first-order valence-electron chi connectivity index (χ1n) is 3.10. The molecule has 5 heteroatoms. The number of hydrogen-bond donors (Lipinski definition) is 4. The monoisotopic (exact) mass is 164 g/mol. The molecule has 0 radical (unpaired) electrons. The van der Waals surface area contributed by atoms with Gasteiger partial charge in [-0.1, -0.05) is 0 Å². The quantitative estimate of drug-likeness (QED) is 0.373. The molecule has 11 heavy (non-hydrogen) atoms. The highest BCUT2D eigenvalue weighted by atomic mass is 16.4. The Bertz CT molecular complexity index is 142. The summed E-state index contributed by atoms with van der Waals surface area (Å²) in [7, 11) is 0. The summed E-state index contributed by atoms with van der Waals surface area (Å²) >= 11 is 0. The van der Waals surface area contributed by atoms with Gasteiger partial charge in [0.2, 0.25) is 0 Å². The Labute approximate surface area is 63.9 Å². The van der Waals surface area contributed by atoms with Crippen LogP contribution < -0.4 is 0 Å². The second-order valence-electron chi connectivity index (χ2n) is 2.54. The normalized spacial score (nSPS) is 19.0. The van der Waals surface area contributed by atoms with Gasteiger partial charge in [0.1, 0.15) is 18.3 Å². The van der Waals surface area contributed by atoms with E-state index < -0.39 is 30.7 Å². The maximum absolute atomic E-state index is 10.5. The molecule has 0 rings (SSSR count). The lowest BCUT2D eigenvalue weighted by Gasteiger charge is -2.24. The Morgan fingerprint density at radius 1 is 1.55 bits per heavy atom. The molecule has 0 aromatic rings. The van der Waals surface area contributed by atoms with Gasteiger partial charge in [0.15, 0.2) is 5.78 Å². The van der Waals surface area contributed by atoms with E-state index >= 15 is 0 Å². The highest BCUT2D eigenvalue weighted by Crippen LogP contribution is 2.08. The highest BCUT2D eigenvalue weighted by molar-refractivity contribution is 5.84. The number of hydrogen-bond acceptors (Lipinski definition) is 5. The fraction of sp³-hybridized carbons (Fsp3) is 0.833. The van der Waals surface area contributed by atoms with Crippen LogP contribution in [0.4, 0.5) is 0 Å². The summed E-state index contributed by atoms with van der Waals surface area (Å²) in [5.74, 6) is -0.913. The zero-order valence-electron chi connectivity index (χ0n) is 6.19. The summed E-state index contributed by atoms with van der Waals surface area (Å²) < 4.78 is 0. The Hall–Kier alpha value is -0.490. The van der Waals surface area contributed by atoms with Crippen molar-refractivity contribution in [2.75, 3.05) is 13.2 Å². The maximum atomic E-state index is 10.5. The molecule has 2 unspecified atom stereocenters. The first kappa shape index (κ1) is 10.5. The average molecular weight is 164 g/mol. The van der Waals surface area contributed by atoms with E-state index in [2.05, 4.69) is 0 Å². The average Bonchev–Trinajstić information content (AvgIpc) is 2.01. The molecule has 0 amide bonds. The third-order valence-electron chi connectivity index (χ3n) is 1.37. The summed E-state index contributed by atoms with van der Waals surface area (Å²) in [6.45, 7) is -0.484. The smallest absolute Gasteiger partial charge is 0.189 e. The van der Waals surface area contributed by atoms with Crippen LogP contribution in [0.3, 0.4) is 0 Å². The van der Waals surface area contributed by atoms with E-state index in [-0.39, 0.29) is 0 Å². The van der Waals surface area contributed by atoms with Crippen LogP contribution in [0.25, 0.3) is 0 Å². The van der Waals surface area contributed by atoms with Gasteiger partial charge < -0.3 is 20.4 Å². The molecule has 0 aromatic carbocycles. The summed E-state index contributed by atoms with van der Waals surface area (Å²) in [5.41, 5.74) is -1.88. The molecule has 0 fully saturated rings. The van der Waals surface area contributed by atoms with Crippen molar-refractivity contribution in [2.24, 2.45) is 0 Å². The van der Waals surface area contributed by atoms with Crippen LogP contribution in [-0.4, -0.2) is 51.1 Å². The van der Waals surface area contributed by atoms with Gasteiger partial charge in [-0.3, -0.25) is 4.79 Å². The van der Waals surface area contributed by atoms with Crippen LogP contribution >= 0.6 is 0 Å². The third kappa shape index (κ3) is 2.55. The molecule has 0 aliphatic carbocycles. The van der Waals surface area contributed by atoms with Gasteiger partial charge in [-0.25, -0.2) is 0 Å². The molecule has 0 heterocycles. The molecule has 0 bridgehead atoms. The maximum Gasteiger partial charge on any atom is 0.189 e. The van der Waals surface area contributed by atoms with E-state index in [1.165, 1.54) is 0 Å². The lowest BCUT2D eigenvalue weighted by Crippen LogP contribution is -2.48. The first-order chi connectivity index (χ1) is 4.95. The Morgan fingerprint density at radius 2 is 2.00 bits per heavy atom. The second kappa shape index (κ2) is 3.77. The number of ketones is 1. The van der Waals surface area contributed by atoms with E-state index in [1.54, 1.807) is 0 Å². The van der Waals surface area contributed by atoms with E-state index in [0.29, 0.717) is 0 Å². The van der Waals surface area contributed by atoms with Gasteiger partial charge in [0.05, 0.1) is 6.61 Å². The Balaban J connectivity index is 4.22. The number of aliphatic hydroxyl groups is 4. The van der Waals surface area contributed by atoms with Gasteiger partial charge in [-0.05, 0) is 6.92 Å². The van der Waals surface area contributed by atoms with Crippen LogP contribution in [0.2, 0.25) is 0 Å². The fourth-order valence-corrected chi connectivity index (χ4v) is 0.520. The van der Waals surface area contributed by atoms with Crippen LogP contribution in [0.15, 0.2) is 0 Å². The van der Waals surface area contributed by atoms with Crippen molar-refractivity contribution in [3.8, 4) is 0 Å². The molecular weight excluding hydrogens is 152 g/mol. The van der Waals surface area contributed by atoms with Crippen molar-refractivity contribution in [3.63, 3.8) is 0 Å². The van der Waals surface area contributed by atoms with Crippen molar-refractivity contribution in [1.29, 1.82) is 0 Å². The van der Waals surface area contributed by atoms with E-state index in [4.69, 9.17) is 20.4 Å². The zero-order valence-corrected chi connectivity index (χ0v) is 6.19. The molecule has 0 aromatic heterocycles. The summed E-state index contributed by atoms with van der Waals surface area (Å²) in [5, 5.41) is 34.7. The summed E-state index contributed by atoms with van der Waals surface area (Å²) in [6, 6.07) is 0. The van der Waals surface area contributed by atoms with Crippen molar-refractivity contribution < 1.29 is 25.2 Å². The minimum Gasteiger partial charge on any atom is -0.393 e. The first-order valence-corrected chi connectivity index (χ1v) is 3.10. The van der Waals surface area contributed by atoms with Crippen LogP contribution in [0, 0.1) is 0 Å². The fourth-order valence-electron chi connectivity index (χ4n) is 0.520. The lowest BCUT2D eigenvalue weighted by atomic mass is 9.97. The van der Waals surface area contributed by atoms with Crippen LogP contribution in [0.1, 0.15) is 6.92 Å². The minimum atomic E-state index is -1.88. The molecule has 4 N–H and O–H groups in total. The number of rotatable bonds is 4. The Morgan fingerprint density at radius 3 is 2.27 bits per heavy atom. The Kier molecular flexibility index (Phi) is 3.61. The van der Waals surface area contributed by atoms with Crippen molar-refractivity contribution >= 4 is 5.78 Å². The largest absolute Gasteiger partial charge is 0.393 e. The van der Waals surface area contributed by atoms with E-state index in [1.807, 2.05) is 0 Å². The highest BCUT2D eigenvalue weighted by Gasteiger charge is 2.34. The van der Waals surface area contributed by atoms with Gasteiger partial charge in [0.25, 0.3) is 0 Å². The number of carbonyl (C=O) groups is 1. The van der Waals surface area contributed by atoms with E-state index in [0.717, 1.165) is 6.92 Å². The SMILES string of the molecule is CC(O)(CO)C(O)C(=O)CO. The molecule has 2 atom stereocenters. The van der Waals surface area contributed by atoms with Gasteiger partial charge in [-0.2, -0.15) is 0 Å². The molecule has 0 saturated heterocycles. The molecule has 0 saturated carbocycles. The van der Waals surface area contributed by atoms with Crippen LogP contribution in [-0.2, 0) is 4.79 Å². The molecule has 66 valence electrons. The van der Waals surface area contributed by atoms with Crippen molar-refractivity contribution in [3.05, 3.63) is 0 Å². The topological polar surface area (TPSA) is 98.0 Å². The minimum absolute atomic E-state index is 0.736. The molecule has 0 spiro atoms. The number of carbonyl (C=O) groups excluding carboxylic acids is 1. The van der Waals surface area contributed by atoms with Gasteiger partial charge in [0, 0.05) is 0 Å². The molecule has 0 aliphatic rings. The predicted molar refractivity (Wildman–Crippen MR) is 35.8 cm³/mol. The molecule has 5 nitrogen and oxygen atoms in total. The standard InChI is InChI=1S/C6H12O5/c1-6(11,3-8)5(10)4(9)2-7/h5,7-8,10-11H,2-3H2,1H3. The number of aliphatic hydroxyl groups excluding tert-OH is 3. The van der Waals surface area contributed by atoms with Crippen molar-refractivity contribution in [1.82, 2.24) is 0 Å². The van der Waals surface area contributed by atoms with E-state index in [9.17, 15) is 4.79 Å². The second-order valence-corrected chi connectivity index (χ2v) is 2.54. The van der Waals surface area contributed by atoms with Crippen LogP contribution in [0.5, 0.6) is 0 Å². The summed E-state index contributed by atoms with van der Waals surface area (Å²) in [4.78, 5) is 10.5. The zero-order chi connectivity index (χ0) is 9.07. The lowest BCUT2D eigenvalue weighted by molar-refractivity contribution is -0.149. The summed E-state index contributed by atoms with van der Waals surface area (Å²) in [6.07, 6.45) is -1.74. The predicted octanol–water partition coefficient (Wildman–Crippen LogP) is -2.35.